The first-order chi connectivity index (χ1) is 14.6. The predicted molar refractivity (Wildman–Crippen MR) is 133 cm³/mol. The number of benzene rings is 2. The van der Waals surface area contributed by atoms with Crippen LogP contribution in [0.5, 0.6) is 5.75 Å². The maximum atomic E-state index is 6.51. The van der Waals surface area contributed by atoms with Crippen LogP contribution in [0.3, 0.4) is 0 Å². The monoisotopic (exact) mass is 421 g/mol. The summed E-state index contributed by atoms with van der Waals surface area (Å²) in [6, 6.07) is 15.9. The van der Waals surface area contributed by atoms with Crippen molar-refractivity contribution in [3.05, 3.63) is 64.7 Å². The molecule has 0 saturated heterocycles. The van der Waals surface area contributed by atoms with E-state index in [-0.39, 0.29) is 10.8 Å². The SMILES string of the molecule is CC(C)(C)c1cc(OCc2ccccc2)c(CCNC2CCCCC2)c(C(C)(C)C)c1. The molecule has 0 radical (unpaired) electrons. The van der Waals surface area contributed by atoms with Crippen molar-refractivity contribution < 1.29 is 4.74 Å². The molecule has 1 saturated carbocycles. The van der Waals surface area contributed by atoms with Crippen molar-refractivity contribution in [1.82, 2.24) is 5.32 Å². The normalized spacial score (nSPS) is 15.8. The van der Waals surface area contributed by atoms with E-state index in [0.717, 1.165) is 18.7 Å². The first-order valence-electron chi connectivity index (χ1n) is 12.2. The van der Waals surface area contributed by atoms with E-state index in [1.807, 2.05) is 0 Å². The smallest absolute Gasteiger partial charge is 0.123 e. The van der Waals surface area contributed by atoms with Gasteiger partial charge in [0.1, 0.15) is 12.4 Å². The summed E-state index contributed by atoms with van der Waals surface area (Å²) in [5.41, 5.74) is 5.53. The Labute approximate surface area is 190 Å². The molecule has 31 heavy (non-hydrogen) atoms. The van der Waals surface area contributed by atoms with Crippen LogP contribution in [0.2, 0.25) is 0 Å². The van der Waals surface area contributed by atoms with Gasteiger partial charge in [0.15, 0.2) is 0 Å². The van der Waals surface area contributed by atoms with Crippen LogP contribution in [-0.2, 0) is 23.9 Å². The summed E-state index contributed by atoms with van der Waals surface area (Å²) in [4.78, 5) is 0. The average Bonchev–Trinajstić information content (AvgIpc) is 2.72. The largest absolute Gasteiger partial charge is 0.489 e. The zero-order valence-electron chi connectivity index (χ0n) is 20.7. The van der Waals surface area contributed by atoms with Gasteiger partial charge in [-0.15, -0.1) is 0 Å². The number of nitrogens with one attached hydrogen (secondary N) is 1. The topological polar surface area (TPSA) is 21.3 Å². The maximum Gasteiger partial charge on any atom is 0.123 e. The first kappa shape index (κ1) is 23.9. The summed E-state index contributed by atoms with van der Waals surface area (Å²) in [5.74, 6) is 1.06. The minimum atomic E-state index is 0.0757. The van der Waals surface area contributed by atoms with E-state index in [1.165, 1.54) is 54.4 Å². The minimum Gasteiger partial charge on any atom is -0.489 e. The maximum absolute atomic E-state index is 6.51. The van der Waals surface area contributed by atoms with E-state index in [4.69, 9.17) is 4.74 Å². The van der Waals surface area contributed by atoms with Crippen LogP contribution < -0.4 is 10.1 Å². The molecule has 0 atom stereocenters. The number of hydrogen-bond donors (Lipinski definition) is 1. The molecule has 1 aliphatic rings. The molecule has 2 heteroatoms. The summed E-state index contributed by atoms with van der Waals surface area (Å²) in [6.45, 7) is 15.5. The Morgan fingerprint density at radius 3 is 2.16 bits per heavy atom. The van der Waals surface area contributed by atoms with Gasteiger partial charge in [-0.25, -0.2) is 0 Å². The lowest BCUT2D eigenvalue weighted by atomic mass is 9.77. The van der Waals surface area contributed by atoms with Gasteiger partial charge in [-0.1, -0.05) is 97.2 Å². The minimum absolute atomic E-state index is 0.0757. The van der Waals surface area contributed by atoms with Gasteiger partial charge >= 0.3 is 0 Å². The van der Waals surface area contributed by atoms with Crippen LogP contribution >= 0.6 is 0 Å². The third kappa shape index (κ3) is 6.84. The fourth-order valence-corrected chi connectivity index (χ4v) is 4.58. The van der Waals surface area contributed by atoms with Crippen LogP contribution in [0, 0.1) is 0 Å². The molecule has 2 aromatic rings. The van der Waals surface area contributed by atoms with Crippen LogP contribution in [-0.4, -0.2) is 12.6 Å². The number of ether oxygens (including phenoxy) is 1. The predicted octanol–water partition coefficient (Wildman–Crippen LogP) is 7.33. The molecule has 0 aliphatic heterocycles. The molecule has 0 heterocycles. The molecule has 0 bridgehead atoms. The summed E-state index contributed by atoms with van der Waals surface area (Å²) in [5, 5.41) is 3.84. The molecule has 2 nitrogen and oxygen atoms in total. The fourth-order valence-electron chi connectivity index (χ4n) is 4.58. The van der Waals surface area contributed by atoms with E-state index < -0.39 is 0 Å². The Hall–Kier alpha value is -1.80. The van der Waals surface area contributed by atoms with Crippen LogP contribution in [0.25, 0.3) is 0 Å². The van der Waals surface area contributed by atoms with Crippen molar-refractivity contribution in [1.29, 1.82) is 0 Å². The van der Waals surface area contributed by atoms with Gasteiger partial charge in [0.25, 0.3) is 0 Å². The lowest BCUT2D eigenvalue weighted by molar-refractivity contribution is 0.300. The summed E-state index contributed by atoms with van der Waals surface area (Å²) < 4.78 is 6.51. The van der Waals surface area contributed by atoms with Gasteiger partial charge in [-0.3, -0.25) is 0 Å². The van der Waals surface area contributed by atoms with Gasteiger partial charge in [-0.2, -0.15) is 0 Å². The molecular weight excluding hydrogens is 378 g/mol. The van der Waals surface area contributed by atoms with E-state index in [9.17, 15) is 0 Å². The lowest BCUT2D eigenvalue weighted by Gasteiger charge is -2.30. The van der Waals surface area contributed by atoms with Crippen LogP contribution in [0.4, 0.5) is 0 Å². The summed E-state index contributed by atoms with van der Waals surface area (Å²) in [7, 11) is 0. The fraction of sp³-hybridized carbons (Fsp3) is 0.586. The molecular formula is C29H43NO. The van der Waals surface area contributed by atoms with Gasteiger partial charge in [0.05, 0.1) is 0 Å². The van der Waals surface area contributed by atoms with Crippen molar-refractivity contribution in [2.24, 2.45) is 0 Å². The van der Waals surface area contributed by atoms with Crippen molar-refractivity contribution in [3.63, 3.8) is 0 Å². The Bertz CT molecular complexity index is 820. The quantitative estimate of drug-likeness (QED) is 0.505. The third-order valence-corrected chi connectivity index (χ3v) is 6.53. The first-order valence-corrected chi connectivity index (χ1v) is 12.2. The summed E-state index contributed by atoms with van der Waals surface area (Å²) >= 11 is 0. The molecule has 1 fully saturated rings. The van der Waals surface area contributed by atoms with Crippen molar-refractivity contribution in [3.8, 4) is 5.75 Å². The second kappa shape index (κ2) is 10.2. The van der Waals surface area contributed by atoms with Gasteiger partial charge in [0.2, 0.25) is 0 Å². The zero-order chi connectivity index (χ0) is 22.5. The average molecular weight is 422 g/mol. The van der Waals surface area contributed by atoms with Gasteiger partial charge < -0.3 is 10.1 Å². The molecule has 0 unspecified atom stereocenters. The molecule has 2 aromatic carbocycles. The van der Waals surface area contributed by atoms with Crippen LogP contribution in [0.1, 0.15) is 95.9 Å². The highest BCUT2D eigenvalue weighted by atomic mass is 16.5. The van der Waals surface area contributed by atoms with Crippen molar-refractivity contribution in [2.45, 2.75) is 104 Å². The van der Waals surface area contributed by atoms with E-state index in [0.29, 0.717) is 12.6 Å². The molecule has 0 amide bonds. The molecule has 1 N–H and O–H groups in total. The third-order valence-electron chi connectivity index (χ3n) is 6.53. The van der Waals surface area contributed by atoms with E-state index in [1.54, 1.807) is 0 Å². The Morgan fingerprint density at radius 2 is 1.55 bits per heavy atom. The highest BCUT2D eigenvalue weighted by molar-refractivity contribution is 5.49. The molecule has 3 rings (SSSR count). The van der Waals surface area contributed by atoms with Crippen molar-refractivity contribution >= 4 is 0 Å². The second-order valence-electron chi connectivity index (χ2n) is 11.3. The van der Waals surface area contributed by atoms with Crippen LogP contribution in [0.15, 0.2) is 42.5 Å². The molecule has 0 aromatic heterocycles. The van der Waals surface area contributed by atoms with E-state index in [2.05, 4.69) is 89.3 Å². The van der Waals surface area contributed by atoms with Crippen molar-refractivity contribution in [2.75, 3.05) is 6.54 Å². The van der Waals surface area contributed by atoms with E-state index >= 15 is 0 Å². The van der Waals surface area contributed by atoms with Gasteiger partial charge in [-0.05, 0) is 65.0 Å². The molecule has 0 spiro atoms. The Morgan fingerprint density at radius 1 is 0.871 bits per heavy atom. The highest BCUT2D eigenvalue weighted by Crippen LogP contribution is 2.38. The standard InChI is InChI=1S/C29H43NO/c1-28(2,3)23-19-26(29(4,5)6)25(17-18-30-24-15-11-8-12-16-24)27(20-23)31-21-22-13-9-7-10-14-22/h7,9-10,13-14,19-20,24,30H,8,11-12,15-18,21H2,1-6H3. The zero-order valence-corrected chi connectivity index (χ0v) is 20.7. The number of hydrogen-bond acceptors (Lipinski definition) is 2. The Kier molecular flexibility index (Phi) is 7.86. The summed E-state index contributed by atoms with van der Waals surface area (Å²) in [6.07, 6.45) is 7.81. The molecule has 170 valence electrons. The lowest BCUT2D eigenvalue weighted by Crippen LogP contribution is -2.33. The second-order valence-corrected chi connectivity index (χ2v) is 11.3. The van der Waals surface area contributed by atoms with Gasteiger partial charge in [0, 0.05) is 6.04 Å². The highest BCUT2D eigenvalue weighted by Gasteiger charge is 2.26. The Balaban J connectivity index is 1.89. The number of rotatable bonds is 7. The molecule has 1 aliphatic carbocycles.